The Labute approximate surface area is 125 Å². The zero-order valence-electron chi connectivity index (χ0n) is 12.1. The first kappa shape index (κ1) is 18.0. The van der Waals surface area contributed by atoms with Crippen LogP contribution in [0.4, 0.5) is 13.2 Å². The molecule has 5 nitrogen and oxygen atoms in total. The van der Waals surface area contributed by atoms with Gasteiger partial charge in [0.25, 0.3) is 0 Å². The van der Waals surface area contributed by atoms with Crippen molar-refractivity contribution in [1.29, 1.82) is 0 Å². The Morgan fingerprint density at radius 3 is 2.14 bits per heavy atom. The van der Waals surface area contributed by atoms with Crippen LogP contribution in [-0.4, -0.2) is 35.7 Å². The SMILES string of the molecule is CC(C)NC(=O)C(=O)NCC(O)(c1ccccc1)C(F)(F)F. The lowest BCUT2D eigenvalue weighted by molar-refractivity contribution is -0.264. The van der Waals surface area contributed by atoms with Crippen LogP contribution in [0.25, 0.3) is 0 Å². The second-order valence-electron chi connectivity index (χ2n) is 5.03. The van der Waals surface area contributed by atoms with E-state index in [4.69, 9.17) is 0 Å². The molecule has 0 bridgehead atoms. The Hall–Kier alpha value is -2.09. The summed E-state index contributed by atoms with van der Waals surface area (Å²) in [6.45, 7) is 2.03. The van der Waals surface area contributed by atoms with Crippen molar-refractivity contribution >= 4 is 11.8 Å². The fraction of sp³-hybridized carbons (Fsp3) is 0.429. The maximum Gasteiger partial charge on any atom is 0.423 e. The zero-order chi connectivity index (χ0) is 17.0. The van der Waals surface area contributed by atoms with E-state index in [9.17, 15) is 27.9 Å². The number of benzene rings is 1. The molecule has 0 saturated carbocycles. The Kier molecular flexibility index (Phi) is 5.54. The van der Waals surface area contributed by atoms with Gasteiger partial charge in [0, 0.05) is 6.04 Å². The Balaban J connectivity index is 2.89. The van der Waals surface area contributed by atoms with Crippen LogP contribution in [0.5, 0.6) is 0 Å². The van der Waals surface area contributed by atoms with E-state index in [0.717, 1.165) is 12.1 Å². The molecule has 0 aliphatic rings. The molecule has 8 heteroatoms. The van der Waals surface area contributed by atoms with Crippen LogP contribution in [-0.2, 0) is 15.2 Å². The van der Waals surface area contributed by atoms with Crippen molar-refractivity contribution in [3.63, 3.8) is 0 Å². The number of carbonyl (C=O) groups is 2. The van der Waals surface area contributed by atoms with E-state index in [1.54, 1.807) is 13.8 Å². The van der Waals surface area contributed by atoms with Crippen LogP contribution < -0.4 is 10.6 Å². The minimum absolute atomic E-state index is 0.339. The van der Waals surface area contributed by atoms with E-state index < -0.39 is 35.7 Å². The molecule has 0 heterocycles. The molecule has 1 aromatic rings. The maximum atomic E-state index is 13.1. The molecule has 0 aliphatic carbocycles. The van der Waals surface area contributed by atoms with Gasteiger partial charge in [-0.3, -0.25) is 9.59 Å². The predicted octanol–water partition coefficient (Wildman–Crippen LogP) is 1.08. The molecule has 1 unspecified atom stereocenters. The third-order valence-electron chi connectivity index (χ3n) is 2.85. The first-order valence-corrected chi connectivity index (χ1v) is 6.51. The molecule has 0 fully saturated rings. The van der Waals surface area contributed by atoms with E-state index >= 15 is 0 Å². The summed E-state index contributed by atoms with van der Waals surface area (Å²) in [5.74, 6) is -2.31. The van der Waals surface area contributed by atoms with Gasteiger partial charge in [-0.25, -0.2) is 0 Å². The summed E-state index contributed by atoms with van der Waals surface area (Å²) in [6, 6.07) is 6.00. The van der Waals surface area contributed by atoms with Gasteiger partial charge in [-0.15, -0.1) is 0 Å². The summed E-state index contributed by atoms with van der Waals surface area (Å²) in [4.78, 5) is 22.9. The van der Waals surface area contributed by atoms with Gasteiger partial charge >= 0.3 is 18.0 Å². The summed E-state index contributed by atoms with van der Waals surface area (Å²) in [5, 5.41) is 14.0. The van der Waals surface area contributed by atoms with Gasteiger partial charge in [0.05, 0.1) is 6.54 Å². The van der Waals surface area contributed by atoms with Gasteiger partial charge in [-0.1, -0.05) is 30.3 Å². The van der Waals surface area contributed by atoms with Crippen molar-refractivity contribution in [3.8, 4) is 0 Å². The molecule has 0 aliphatic heterocycles. The number of alkyl halides is 3. The van der Waals surface area contributed by atoms with Gasteiger partial charge in [-0.05, 0) is 19.4 Å². The van der Waals surface area contributed by atoms with Crippen molar-refractivity contribution in [2.24, 2.45) is 0 Å². The molecule has 122 valence electrons. The van der Waals surface area contributed by atoms with Crippen LogP contribution in [0.15, 0.2) is 30.3 Å². The number of halogens is 3. The third kappa shape index (κ3) is 4.20. The summed E-state index contributed by atoms with van der Waals surface area (Å²) < 4.78 is 39.4. The lowest BCUT2D eigenvalue weighted by Gasteiger charge is -2.31. The molecule has 2 amide bonds. The Bertz CT molecular complexity index is 532. The molecule has 3 N–H and O–H groups in total. The predicted molar refractivity (Wildman–Crippen MR) is 72.7 cm³/mol. The standard InChI is InChI=1S/C14H17F3N2O3/c1-9(2)19-12(21)11(20)18-8-13(22,14(15,16)17)10-6-4-3-5-7-10/h3-7,9,22H,8H2,1-2H3,(H,18,20)(H,19,21). The highest BCUT2D eigenvalue weighted by molar-refractivity contribution is 6.35. The number of amides is 2. The normalized spacial score (nSPS) is 14.3. The van der Waals surface area contributed by atoms with Crippen LogP contribution in [0.1, 0.15) is 19.4 Å². The van der Waals surface area contributed by atoms with Crippen molar-refractivity contribution in [3.05, 3.63) is 35.9 Å². The molecule has 1 rings (SSSR count). The number of nitrogens with one attached hydrogen (secondary N) is 2. The average Bonchev–Trinajstić information content (AvgIpc) is 2.43. The second kappa shape index (κ2) is 6.78. The van der Waals surface area contributed by atoms with Gasteiger partial charge in [-0.2, -0.15) is 13.2 Å². The summed E-state index contributed by atoms with van der Waals surface area (Å²) in [7, 11) is 0. The van der Waals surface area contributed by atoms with Crippen LogP contribution in [0, 0.1) is 0 Å². The highest BCUT2D eigenvalue weighted by Gasteiger charge is 2.55. The summed E-state index contributed by atoms with van der Waals surface area (Å²) in [6.07, 6.45) is -5.02. The third-order valence-corrected chi connectivity index (χ3v) is 2.85. The smallest absolute Gasteiger partial charge is 0.375 e. The van der Waals surface area contributed by atoms with E-state index in [-0.39, 0.29) is 6.04 Å². The van der Waals surface area contributed by atoms with Crippen molar-refractivity contribution in [1.82, 2.24) is 10.6 Å². The zero-order valence-corrected chi connectivity index (χ0v) is 12.1. The quantitative estimate of drug-likeness (QED) is 0.727. The molecular weight excluding hydrogens is 301 g/mol. The summed E-state index contributed by atoms with van der Waals surface area (Å²) in [5.41, 5.74) is -3.70. The Morgan fingerprint density at radius 1 is 1.14 bits per heavy atom. The second-order valence-corrected chi connectivity index (χ2v) is 5.03. The van der Waals surface area contributed by atoms with Gasteiger partial charge in [0.1, 0.15) is 0 Å². The molecule has 0 aromatic heterocycles. The fourth-order valence-corrected chi connectivity index (χ4v) is 1.70. The fourth-order valence-electron chi connectivity index (χ4n) is 1.70. The molecule has 22 heavy (non-hydrogen) atoms. The van der Waals surface area contributed by atoms with Crippen molar-refractivity contribution in [2.45, 2.75) is 31.7 Å². The van der Waals surface area contributed by atoms with Crippen molar-refractivity contribution in [2.75, 3.05) is 6.54 Å². The molecule has 1 atom stereocenters. The monoisotopic (exact) mass is 318 g/mol. The Morgan fingerprint density at radius 2 is 1.68 bits per heavy atom. The molecule has 0 saturated heterocycles. The first-order valence-electron chi connectivity index (χ1n) is 6.51. The minimum atomic E-state index is -5.02. The van der Waals surface area contributed by atoms with Crippen LogP contribution in [0.3, 0.4) is 0 Å². The summed E-state index contributed by atoms with van der Waals surface area (Å²) >= 11 is 0. The van der Waals surface area contributed by atoms with Crippen LogP contribution in [0.2, 0.25) is 0 Å². The van der Waals surface area contributed by atoms with E-state index in [2.05, 4.69) is 5.32 Å². The highest BCUT2D eigenvalue weighted by Crippen LogP contribution is 2.38. The lowest BCUT2D eigenvalue weighted by atomic mass is 9.93. The van der Waals surface area contributed by atoms with E-state index in [1.807, 2.05) is 5.32 Å². The largest absolute Gasteiger partial charge is 0.423 e. The topological polar surface area (TPSA) is 78.4 Å². The number of carbonyl (C=O) groups excluding carboxylic acids is 2. The van der Waals surface area contributed by atoms with Gasteiger partial charge < -0.3 is 15.7 Å². The van der Waals surface area contributed by atoms with E-state index in [0.29, 0.717) is 0 Å². The molecule has 0 spiro atoms. The molecule has 1 aromatic carbocycles. The highest BCUT2D eigenvalue weighted by atomic mass is 19.4. The number of hydrogen-bond acceptors (Lipinski definition) is 3. The number of hydrogen-bond donors (Lipinski definition) is 3. The average molecular weight is 318 g/mol. The first-order chi connectivity index (χ1) is 10.1. The number of aliphatic hydroxyl groups is 1. The minimum Gasteiger partial charge on any atom is -0.375 e. The van der Waals surface area contributed by atoms with Crippen molar-refractivity contribution < 1.29 is 27.9 Å². The lowest BCUT2D eigenvalue weighted by Crippen LogP contribution is -2.53. The van der Waals surface area contributed by atoms with E-state index in [1.165, 1.54) is 18.2 Å². The molecule has 0 radical (unpaired) electrons. The molecular formula is C14H17F3N2O3. The maximum absolute atomic E-state index is 13.1. The van der Waals surface area contributed by atoms with Gasteiger partial charge in [0.15, 0.2) is 0 Å². The van der Waals surface area contributed by atoms with Crippen LogP contribution >= 0.6 is 0 Å². The van der Waals surface area contributed by atoms with Gasteiger partial charge in [0.2, 0.25) is 5.60 Å². The number of rotatable bonds is 4.